The number of nitrogens with one attached hydrogen (secondary N) is 2. The van der Waals surface area contributed by atoms with Gasteiger partial charge in [0.1, 0.15) is 20.2 Å². The van der Waals surface area contributed by atoms with Gasteiger partial charge in [-0.15, -0.1) is 20.5 Å². The molecular weight excluding hydrogens is 1130 g/mol. The Morgan fingerprint density at radius 1 is 0.560 bits per heavy atom. The number of carboxylic acids is 2. The number of nitrogens with zero attached hydrogens (tertiary/aromatic N) is 10. The quantitative estimate of drug-likeness (QED) is 0.0710. The molecule has 6 aromatic carbocycles. The van der Waals surface area contributed by atoms with Gasteiger partial charge in [0.2, 0.25) is 22.5 Å². The normalized spacial score (nSPS) is 11.2. The summed E-state index contributed by atoms with van der Waals surface area (Å²) in [7, 11) is -7.71. The standard InChI is InChI=1S/2C21H15ClN6O7S.Cr.2Na/c2*1-35-21-25-19(22)24-20(26-21)23-11-6-7-12-10(8-11)9-15(36(32,33)34)16(17(12)29)28-27-14-5-3-2-4-13(14)18(30)31;;;/h2*2-9,29H,1H3,(H,30,31)(H,32,33,34)(H,23,24,25,26);;;/q;;+3;2*+1/p-5. The molecule has 2 aromatic heterocycles. The van der Waals surface area contributed by atoms with Gasteiger partial charge in [-0.25, -0.2) is 16.8 Å². The van der Waals surface area contributed by atoms with Crippen LogP contribution in [0.2, 0.25) is 10.6 Å². The van der Waals surface area contributed by atoms with Crippen molar-refractivity contribution in [3.63, 3.8) is 0 Å². The third-order valence-corrected chi connectivity index (χ3v) is 11.5. The first-order chi connectivity index (χ1) is 34.1. The van der Waals surface area contributed by atoms with Crippen LogP contribution in [0.1, 0.15) is 22.1 Å². The molecule has 371 valence electrons. The van der Waals surface area contributed by atoms with Gasteiger partial charge in [0.05, 0.1) is 58.7 Å². The number of carbonyl (C=O) groups is 2. The third kappa shape index (κ3) is 15.0. The maximum Gasteiger partial charge on any atom is 3.00 e. The predicted molar refractivity (Wildman–Crippen MR) is 243 cm³/mol. The van der Waals surface area contributed by atoms with E-state index < -0.39 is 64.8 Å². The number of aromatic carboxylic acids is 2. The molecular formula is C42H25Cl2CrN12Na2O14S2. The van der Waals surface area contributed by atoms with E-state index in [1.165, 1.54) is 99.1 Å². The van der Waals surface area contributed by atoms with Crippen molar-refractivity contribution in [2.75, 3.05) is 24.9 Å². The van der Waals surface area contributed by atoms with Crippen LogP contribution in [-0.4, -0.2) is 82.0 Å². The minimum Gasteiger partial charge on any atom is -0.871 e. The summed E-state index contributed by atoms with van der Waals surface area (Å²) in [5.74, 6) is -4.93. The molecule has 0 aliphatic carbocycles. The molecule has 0 amide bonds. The topological polar surface area (TPSA) is 410 Å². The molecule has 2 N–H and O–H groups in total. The Balaban J connectivity index is 0.000000380. The Bertz CT molecular complexity index is 3560. The number of methoxy groups -OCH3 is 2. The zero-order valence-electron chi connectivity index (χ0n) is 39.4. The molecule has 1 radical (unpaired) electrons. The first-order valence-electron chi connectivity index (χ1n) is 19.5. The van der Waals surface area contributed by atoms with E-state index in [9.17, 15) is 56.0 Å². The summed E-state index contributed by atoms with van der Waals surface area (Å²) in [6, 6.07) is 20.9. The van der Waals surface area contributed by atoms with Crippen LogP contribution in [0.25, 0.3) is 21.5 Å². The molecule has 2 heterocycles. The molecule has 8 rings (SSSR count). The molecule has 0 atom stereocenters. The second-order valence-electron chi connectivity index (χ2n) is 14.0. The number of halogens is 2. The average molecular weight is 1150 g/mol. The number of azo groups is 2. The van der Waals surface area contributed by atoms with Crippen molar-refractivity contribution in [2.24, 2.45) is 20.5 Å². The molecule has 33 heteroatoms. The molecule has 0 saturated heterocycles. The van der Waals surface area contributed by atoms with E-state index in [2.05, 4.69) is 61.0 Å². The summed E-state index contributed by atoms with van der Waals surface area (Å²) in [6.07, 6.45) is 0. The summed E-state index contributed by atoms with van der Waals surface area (Å²) in [5.41, 5.74) is -1.97. The van der Waals surface area contributed by atoms with E-state index in [4.69, 9.17) is 32.7 Å². The van der Waals surface area contributed by atoms with Gasteiger partial charge in [-0.1, -0.05) is 60.0 Å². The second kappa shape index (κ2) is 26.0. The summed E-state index contributed by atoms with van der Waals surface area (Å²) >= 11 is 11.6. The number of carboxylic acid groups (broad SMARTS) is 2. The first kappa shape index (κ1) is 61.3. The maximum absolute atomic E-state index is 13.1. The maximum atomic E-state index is 13.1. The van der Waals surface area contributed by atoms with Crippen LogP contribution in [0, 0.1) is 0 Å². The number of benzene rings is 6. The van der Waals surface area contributed by atoms with E-state index in [0.29, 0.717) is 11.4 Å². The zero-order chi connectivity index (χ0) is 52.1. The molecule has 26 nitrogen and oxygen atoms in total. The zero-order valence-corrected chi connectivity index (χ0v) is 46.8. The summed E-state index contributed by atoms with van der Waals surface area (Å²) in [6.45, 7) is 0. The molecule has 0 unspecified atom stereocenters. The van der Waals surface area contributed by atoms with Gasteiger partial charge in [-0.2, -0.15) is 29.9 Å². The fourth-order valence-electron chi connectivity index (χ4n) is 6.29. The Labute approximate surface area is 489 Å². The van der Waals surface area contributed by atoms with Crippen LogP contribution < -0.4 is 99.6 Å². The monoisotopic (exact) mass is 1150 g/mol. The Morgan fingerprint density at radius 2 is 0.920 bits per heavy atom. The first-order valence-corrected chi connectivity index (χ1v) is 23.1. The molecule has 0 aliphatic rings. The van der Waals surface area contributed by atoms with Crippen LogP contribution in [0.5, 0.6) is 23.5 Å². The molecule has 0 spiro atoms. The molecule has 0 fully saturated rings. The molecule has 75 heavy (non-hydrogen) atoms. The Kier molecular flexibility index (Phi) is 21.2. The summed E-state index contributed by atoms with van der Waals surface area (Å²) in [5, 5.41) is 68.8. The predicted octanol–water partition coefficient (Wildman–Crippen LogP) is -1.51. The summed E-state index contributed by atoms with van der Waals surface area (Å²) in [4.78, 5) is 43.9. The van der Waals surface area contributed by atoms with E-state index in [1.54, 1.807) is 0 Å². The Hall–Kier alpha value is -6.27. The van der Waals surface area contributed by atoms with Gasteiger partial charge in [0.25, 0.3) is 0 Å². The third-order valence-electron chi connectivity index (χ3n) is 9.42. The van der Waals surface area contributed by atoms with Crippen LogP contribution in [0.3, 0.4) is 0 Å². The van der Waals surface area contributed by atoms with Crippen LogP contribution in [-0.2, 0) is 37.6 Å². The van der Waals surface area contributed by atoms with Crippen molar-refractivity contribution in [1.29, 1.82) is 0 Å². The number of aromatic nitrogens is 6. The Morgan fingerprint density at radius 3 is 1.25 bits per heavy atom. The molecule has 0 aliphatic heterocycles. The fourth-order valence-corrected chi connectivity index (χ4v) is 7.88. The van der Waals surface area contributed by atoms with Gasteiger partial charge in [-0.3, -0.25) is 0 Å². The number of anilines is 4. The van der Waals surface area contributed by atoms with Crippen molar-refractivity contribution in [1.82, 2.24) is 29.9 Å². The van der Waals surface area contributed by atoms with Crippen LogP contribution in [0.4, 0.5) is 46.0 Å². The molecule has 0 bridgehead atoms. The number of ether oxygens (including phenoxy) is 2. The molecule has 8 aromatic rings. The van der Waals surface area contributed by atoms with Gasteiger partial charge in [0.15, 0.2) is 0 Å². The van der Waals surface area contributed by atoms with Crippen molar-refractivity contribution >= 4 is 123 Å². The SMILES string of the molecule is COc1nc(Cl)nc(Nc2ccc3c([O-])c(N=Nc4ccccc4C(=O)[O-])c(S(=O)(=O)[O-])cc3c2)n1.COc1nc(Cl)nc(Nc2ccc3c([O-])c(N=Nc4ccccc4C(=O)[O-])c(S(=O)(=O)[O-])cc3c2)n1.[Cr+3].[H+].[Na+].[Na+]. The van der Waals surface area contributed by atoms with Gasteiger partial charge >= 0.3 is 89.9 Å². The second-order valence-corrected chi connectivity index (χ2v) is 17.3. The number of hydrogen-bond donors (Lipinski definition) is 2. The van der Waals surface area contributed by atoms with Crippen LogP contribution in [0.15, 0.2) is 127 Å². The average Bonchev–Trinajstić information content (AvgIpc) is 3.32. The number of rotatable bonds is 14. The van der Waals surface area contributed by atoms with E-state index >= 15 is 0 Å². The number of fused-ring (bicyclic) bond motifs is 2. The number of carbonyl (C=O) groups excluding carboxylic acids is 2. The largest absolute Gasteiger partial charge is 3.00 e. The smallest absolute Gasteiger partial charge is 0.871 e. The van der Waals surface area contributed by atoms with Crippen molar-refractivity contribution in [3.8, 4) is 23.5 Å². The van der Waals surface area contributed by atoms with E-state index in [1.807, 2.05) is 0 Å². The van der Waals surface area contributed by atoms with Gasteiger partial charge < -0.3 is 59.2 Å². The van der Waals surface area contributed by atoms with Crippen molar-refractivity contribution in [2.45, 2.75) is 9.79 Å². The summed E-state index contributed by atoms with van der Waals surface area (Å²) < 4.78 is 81.5. The fraction of sp³-hybridized carbons (Fsp3) is 0.0476. The van der Waals surface area contributed by atoms with E-state index in [0.717, 1.165) is 12.1 Å². The molecule has 0 saturated carbocycles. The minimum absolute atomic E-state index is 0. The minimum atomic E-state index is -5.18. The van der Waals surface area contributed by atoms with E-state index in [-0.39, 0.29) is 156 Å². The number of hydrogen-bond acceptors (Lipinski definition) is 26. The van der Waals surface area contributed by atoms with Crippen molar-refractivity contribution < 1.29 is 143 Å². The van der Waals surface area contributed by atoms with Gasteiger partial charge in [-0.05, 0) is 93.3 Å². The van der Waals surface area contributed by atoms with Crippen LogP contribution >= 0.6 is 23.2 Å². The van der Waals surface area contributed by atoms with Gasteiger partial charge in [0, 0.05) is 22.5 Å². The van der Waals surface area contributed by atoms with Crippen molar-refractivity contribution in [3.05, 3.63) is 119 Å².